The van der Waals surface area contributed by atoms with Crippen molar-refractivity contribution in [2.24, 2.45) is 0 Å². The van der Waals surface area contributed by atoms with Crippen LogP contribution in [-0.2, 0) is 11.2 Å². The zero-order valence-electron chi connectivity index (χ0n) is 11.4. The molecule has 0 atom stereocenters. The summed E-state index contributed by atoms with van der Waals surface area (Å²) in [5.74, 6) is 0.391. The second kappa shape index (κ2) is 6.03. The highest BCUT2D eigenvalue weighted by molar-refractivity contribution is 5.91. The maximum Gasteiger partial charge on any atom is 0.338 e. The Morgan fingerprint density at radius 3 is 2.72 bits per heavy atom. The minimum atomic E-state index is -0.197. The smallest absolute Gasteiger partial charge is 0.338 e. The van der Waals surface area contributed by atoms with Crippen molar-refractivity contribution in [1.82, 2.24) is 0 Å². The van der Waals surface area contributed by atoms with E-state index in [4.69, 9.17) is 4.74 Å². The van der Waals surface area contributed by atoms with E-state index < -0.39 is 0 Å². The normalized spacial score (nSPS) is 14.6. The number of ether oxygens (including phenoxy) is 1. The summed E-state index contributed by atoms with van der Waals surface area (Å²) in [6.45, 7) is 2.22. The number of rotatable bonds is 6. The summed E-state index contributed by atoms with van der Waals surface area (Å²) >= 11 is 0. The lowest BCUT2D eigenvalue weighted by Gasteiger charge is -2.09. The molecule has 2 rings (SSSR count). The van der Waals surface area contributed by atoms with Gasteiger partial charge in [0.1, 0.15) is 0 Å². The Bertz CT molecular complexity index is 419. The van der Waals surface area contributed by atoms with Crippen LogP contribution >= 0.6 is 0 Å². The lowest BCUT2D eigenvalue weighted by molar-refractivity contribution is 0.0599. The third-order valence-electron chi connectivity index (χ3n) is 3.61. The zero-order valence-corrected chi connectivity index (χ0v) is 11.4. The van der Waals surface area contributed by atoms with Crippen LogP contribution in [0.25, 0.3) is 0 Å². The van der Waals surface area contributed by atoms with Gasteiger partial charge in [0, 0.05) is 0 Å². The molecule has 1 fully saturated rings. The minimum Gasteiger partial charge on any atom is -0.465 e. The molecule has 0 unspecified atom stereocenters. The molecule has 1 aromatic rings. The first-order chi connectivity index (χ1) is 8.76. The number of benzene rings is 1. The molecule has 18 heavy (non-hydrogen) atoms. The summed E-state index contributed by atoms with van der Waals surface area (Å²) in [7, 11) is 1.45. The van der Waals surface area contributed by atoms with Gasteiger partial charge in [-0.25, -0.2) is 4.79 Å². The Morgan fingerprint density at radius 1 is 1.33 bits per heavy atom. The highest BCUT2D eigenvalue weighted by atomic mass is 16.5. The first-order valence-electron chi connectivity index (χ1n) is 6.97. The van der Waals surface area contributed by atoms with Crippen LogP contribution < -0.4 is 0 Å². The number of carbonyl (C=O) groups is 1. The molecule has 0 aliphatic heterocycles. The van der Waals surface area contributed by atoms with E-state index in [9.17, 15) is 4.79 Å². The van der Waals surface area contributed by atoms with Crippen molar-refractivity contribution in [2.45, 2.75) is 51.4 Å². The van der Waals surface area contributed by atoms with E-state index >= 15 is 0 Å². The molecule has 0 spiro atoms. The topological polar surface area (TPSA) is 26.3 Å². The Kier molecular flexibility index (Phi) is 4.40. The third-order valence-corrected chi connectivity index (χ3v) is 3.61. The van der Waals surface area contributed by atoms with Crippen LogP contribution in [0, 0.1) is 0 Å². The molecule has 0 bridgehead atoms. The molecular weight excluding hydrogens is 224 g/mol. The van der Waals surface area contributed by atoms with E-state index in [0.717, 1.165) is 12.0 Å². The molecule has 2 heteroatoms. The van der Waals surface area contributed by atoms with Crippen molar-refractivity contribution in [3.8, 4) is 0 Å². The van der Waals surface area contributed by atoms with Gasteiger partial charge in [0.2, 0.25) is 0 Å². The molecular formula is C16H22O2. The zero-order chi connectivity index (χ0) is 13.0. The predicted octanol–water partition coefficient (Wildman–Crippen LogP) is 4.08. The second-order valence-electron chi connectivity index (χ2n) is 5.14. The average molecular weight is 246 g/mol. The van der Waals surface area contributed by atoms with E-state index in [0.29, 0.717) is 5.92 Å². The number of hydrogen-bond acceptors (Lipinski definition) is 2. The Labute approximate surface area is 109 Å². The lowest BCUT2D eigenvalue weighted by Crippen LogP contribution is -2.06. The number of methoxy groups -OCH3 is 1. The summed E-state index contributed by atoms with van der Waals surface area (Å²) in [6.07, 6.45) is 7.30. The van der Waals surface area contributed by atoms with Gasteiger partial charge in [-0.3, -0.25) is 0 Å². The first kappa shape index (κ1) is 13.1. The maximum atomic E-state index is 11.7. The number of carbonyl (C=O) groups excluding carboxylic acids is 1. The molecule has 98 valence electrons. The molecule has 2 nitrogen and oxygen atoms in total. The van der Waals surface area contributed by atoms with Gasteiger partial charge in [-0.2, -0.15) is 0 Å². The Hall–Kier alpha value is -1.31. The largest absolute Gasteiger partial charge is 0.465 e. The van der Waals surface area contributed by atoms with Crippen molar-refractivity contribution in [1.29, 1.82) is 0 Å². The molecule has 1 aliphatic carbocycles. The van der Waals surface area contributed by atoms with Crippen LogP contribution in [0.1, 0.15) is 66.4 Å². The molecule has 1 saturated carbocycles. The minimum absolute atomic E-state index is 0.197. The fourth-order valence-electron chi connectivity index (χ4n) is 2.37. The summed E-state index contributed by atoms with van der Waals surface area (Å²) in [4.78, 5) is 11.7. The average Bonchev–Trinajstić information content (AvgIpc) is 3.22. The van der Waals surface area contributed by atoms with Crippen LogP contribution in [0.15, 0.2) is 18.2 Å². The summed E-state index contributed by atoms with van der Waals surface area (Å²) in [5.41, 5.74) is 3.33. The van der Waals surface area contributed by atoms with Crippen molar-refractivity contribution in [3.05, 3.63) is 34.9 Å². The standard InChI is InChI=1S/C16H22O2/c1-3-4-5-6-12-7-10-14(16(17)18-2)15(11-12)13-8-9-13/h7,10-11,13H,3-6,8-9H2,1-2H3. The summed E-state index contributed by atoms with van der Waals surface area (Å²) in [6, 6.07) is 6.24. The van der Waals surface area contributed by atoms with Gasteiger partial charge in [-0.05, 0) is 48.8 Å². The Balaban J connectivity index is 2.15. The van der Waals surface area contributed by atoms with Crippen LogP contribution in [-0.4, -0.2) is 13.1 Å². The molecule has 0 amide bonds. The van der Waals surface area contributed by atoms with Gasteiger partial charge < -0.3 is 4.74 Å². The van der Waals surface area contributed by atoms with Gasteiger partial charge in [0.15, 0.2) is 0 Å². The fraction of sp³-hybridized carbons (Fsp3) is 0.562. The maximum absolute atomic E-state index is 11.7. The van der Waals surface area contributed by atoms with Gasteiger partial charge in [-0.15, -0.1) is 0 Å². The summed E-state index contributed by atoms with van der Waals surface area (Å²) in [5, 5.41) is 0. The molecule has 1 aromatic carbocycles. The van der Waals surface area contributed by atoms with E-state index in [2.05, 4.69) is 19.1 Å². The van der Waals surface area contributed by atoms with Crippen LogP contribution in [0.4, 0.5) is 0 Å². The molecule has 1 aliphatic rings. The number of esters is 1. The van der Waals surface area contributed by atoms with Crippen molar-refractivity contribution < 1.29 is 9.53 Å². The van der Waals surface area contributed by atoms with E-state index in [1.165, 1.54) is 50.3 Å². The number of unbranched alkanes of at least 4 members (excludes halogenated alkanes) is 2. The van der Waals surface area contributed by atoms with Crippen LogP contribution in [0.3, 0.4) is 0 Å². The van der Waals surface area contributed by atoms with E-state index in [1.807, 2.05) is 6.07 Å². The van der Waals surface area contributed by atoms with E-state index in [-0.39, 0.29) is 5.97 Å². The molecule has 0 radical (unpaired) electrons. The van der Waals surface area contributed by atoms with Crippen molar-refractivity contribution in [3.63, 3.8) is 0 Å². The second-order valence-corrected chi connectivity index (χ2v) is 5.14. The van der Waals surface area contributed by atoms with E-state index in [1.54, 1.807) is 0 Å². The quantitative estimate of drug-likeness (QED) is 0.558. The van der Waals surface area contributed by atoms with Gasteiger partial charge in [-0.1, -0.05) is 31.9 Å². The van der Waals surface area contributed by atoms with Crippen molar-refractivity contribution >= 4 is 5.97 Å². The van der Waals surface area contributed by atoms with Crippen LogP contribution in [0.2, 0.25) is 0 Å². The van der Waals surface area contributed by atoms with Gasteiger partial charge in [0.05, 0.1) is 12.7 Å². The van der Waals surface area contributed by atoms with Gasteiger partial charge in [0.25, 0.3) is 0 Å². The SMILES string of the molecule is CCCCCc1ccc(C(=O)OC)c(C2CC2)c1. The Morgan fingerprint density at radius 2 is 2.11 bits per heavy atom. The molecule has 0 aromatic heterocycles. The van der Waals surface area contributed by atoms with Gasteiger partial charge >= 0.3 is 5.97 Å². The lowest BCUT2D eigenvalue weighted by atomic mass is 9.97. The molecule has 0 heterocycles. The highest BCUT2D eigenvalue weighted by Gasteiger charge is 2.28. The van der Waals surface area contributed by atoms with Crippen molar-refractivity contribution in [2.75, 3.05) is 7.11 Å². The highest BCUT2D eigenvalue weighted by Crippen LogP contribution is 2.42. The number of aryl methyl sites for hydroxylation is 1. The van der Waals surface area contributed by atoms with Crippen LogP contribution in [0.5, 0.6) is 0 Å². The first-order valence-corrected chi connectivity index (χ1v) is 6.97. The predicted molar refractivity (Wildman–Crippen MR) is 73.0 cm³/mol. The molecule has 0 saturated heterocycles. The number of hydrogen-bond donors (Lipinski definition) is 0. The fourth-order valence-corrected chi connectivity index (χ4v) is 2.37. The third kappa shape index (κ3) is 3.12. The summed E-state index contributed by atoms with van der Waals surface area (Å²) < 4.78 is 4.85. The molecule has 0 N–H and O–H groups in total. The monoisotopic (exact) mass is 246 g/mol.